The molecule has 2 unspecified atom stereocenters. The first kappa shape index (κ1) is 17.4. The van der Waals surface area contributed by atoms with Crippen molar-refractivity contribution < 1.29 is 19.3 Å². The Bertz CT molecular complexity index is 301. The van der Waals surface area contributed by atoms with Gasteiger partial charge in [-0.15, -0.1) is 0 Å². The number of hydrogen-bond donors (Lipinski definition) is 1. The van der Waals surface area contributed by atoms with Crippen LogP contribution in [0.15, 0.2) is 24.3 Å². The summed E-state index contributed by atoms with van der Waals surface area (Å²) in [7, 11) is 0. The molecule has 0 amide bonds. The third kappa shape index (κ3) is 7.20. The molecule has 0 saturated carbocycles. The normalized spacial score (nSPS) is 25.4. The highest BCUT2D eigenvalue weighted by Crippen LogP contribution is 2.28. The van der Waals surface area contributed by atoms with Crippen LogP contribution >= 0.6 is 0 Å². The summed E-state index contributed by atoms with van der Waals surface area (Å²) >= 11 is 0. The van der Waals surface area contributed by atoms with Crippen LogP contribution in [0.4, 0.5) is 0 Å². The predicted octanol–water partition coefficient (Wildman–Crippen LogP) is 2.82. The van der Waals surface area contributed by atoms with Gasteiger partial charge in [0.1, 0.15) is 12.2 Å². The minimum Gasteiger partial charge on any atom is -0.390 e. The molecule has 116 valence electrons. The average Bonchev–Trinajstić information content (AvgIpc) is 3.20. The van der Waals surface area contributed by atoms with Crippen LogP contribution in [-0.2, 0) is 14.2 Å². The smallest absolute Gasteiger partial charge is 0.154 e. The number of allylic oxidation sites excluding steroid dienone is 4. The van der Waals surface area contributed by atoms with Gasteiger partial charge >= 0.3 is 0 Å². The number of hydrogen-bond acceptors (Lipinski definition) is 4. The highest BCUT2D eigenvalue weighted by atomic mass is 16.7. The van der Waals surface area contributed by atoms with E-state index in [4.69, 9.17) is 14.2 Å². The van der Waals surface area contributed by atoms with E-state index < -0.39 is 6.10 Å². The first-order chi connectivity index (χ1) is 9.69. The molecule has 20 heavy (non-hydrogen) atoms. The first-order valence-electron chi connectivity index (χ1n) is 7.51. The summed E-state index contributed by atoms with van der Waals surface area (Å²) in [5.74, 6) is 0. The van der Waals surface area contributed by atoms with Gasteiger partial charge < -0.3 is 19.3 Å². The Hall–Kier alpha value is -0.680. The molecule has 0 aromatic carbocycles. The second kappa shape index (κ2) is 10.1. The van der Waals surface area contributed by atoms with E-state index in [9.17, 15) is 5.11 Å². The van der Waals surface area contributed by atoms with E-state index in [0.717, 1.165) is 19.3 Å². The van der Waals surface area contributed by atoms with Crippen molar-refractivity contribution in [2.75, 3.05) is 13.2 Å². The van der Waals surface area contributed by atoms with Gasteiger partial charge in [-0.3, -0.25) is 0 Å². The van der Waals surface area contributed by atoms with Crippen molar-refractivity contribution >= 4 is 0 Å². The fourth-order valence-electron chi connectivity index (χ4n) is 2.00. The van der Waals surface area contributed by atoms with Crippen molar-refractivity contribution in [1.29, 1.82) is 0 Å². The van der Waals surface area contributed by atoms with Gasteiger partial charge in [-0.05, 0) is 40.0 Å². The van der Waals surface area contributed by atoms with Gasteiger partial charge in [0.25, 0.3) is 0 Å². The Balaban J connectivity index is 2.05. The molecule has 1 aliphatic rings. The lowest BCUT2D eigenvalue weighted by molar-refractivity contribution is -0.129. The van der Waals surface area contributed by atoms with Crippen LogP contribution in [0.5, 0.6) is 0 Å². The summed E-state index contributed by atoms with van der Waals surface area (Å²) in [5, 5.41) is 9.97. The third-order valence-corrected chi connectivity index (χ3v) is 3.20. The molecule has 4 atom stereocenters. The van der Waals surface area contributed by atoms with Gasteiger partial charge in [0.2, 0.25) is 0 Å². The van der Waals surface area contributed by atoms with Gasteiger partial charge in [0.05, 0.1) is 12.7 Å². The molecule has 1 aliphatic heterocycles. The molecule has 1 heterocycles. The molecule has 1 fully saturated rings. The topological polar surface area (TPSA) is 51.2 Å². The summed E-state index contributed by atoms with van der Waals surface area (Å²) in [4.78, 5) is 0. The van der Waals surface area contributed by atoms with E-state index in [1.807, 2.05) is 26.8 Å². The largest absolute Gasteiger partial charge is 0.390 e. The SMILES string of the molecule is C/C=C/C/C=C/CCC(O)[C@H]1O[C@H]1COC(C)OCC. The minimum atomic E-state index is -0.405. The zero-order chi connectivity index (χ0) is 14.8. The lowest BCUT2D eigenvalue weighted by atomic mass is 10.1. The zero-order valence-corrected chi connectivity index (χ0v) is 12.8. The van der Waals surface area contributed by atoms with E-state index >= 15 is 0 Å². The maximum atomic E-state index is 9.97. The monoisotopic (exact) mass is 284 g/mol. The highest BCUT2D eigenvalue weighted by Gasteiger charge is 2.44. The number of ether oxygens (including phenoxy) is 3. The molecular formula is C16H28O4. The molecule has 0 radical (unpaired) electrons. The van der Waals surface area contributed by atoms with E-state index in [-0.39, 0.29) is 18.5 Å². The zero-order valence-electron chi connectivity index (χ0n) is 12.8. The Morgan fingerprint density at radius 1 is 1.25 bits per heavy atom. The van der Waals surface area contributed by atoms with Crippen molar-refractivity contribution in [3.63, 3.8) is 0 Å². The number of aliphatic hydroxyl groups excluding tert-OH is 1. The van der Waals surface area contributed by atoms with E-state index in [2.05, 4.69) is 18.2 Å². The third-order valence-electron chi connectivity index (χ3n) is 3.20. The average molecular weight is 284 g/mol. The molecule has 0 aromatic rings. The molecule has 4 heteroatoms. The van der Waals surface area contributed by atoms with Crippen molar-refractivity contribution in [2.45, 2.75) is 64.6 Å². The summed E-state index contributed by atoms with van der Waals surface area (Å²) in [6.45, 7) is 6.94. The maximum absolute atomic E-state index is 9.97. The van der Waals surface area contributed by atoms with Gasteiger partial charge in [0.15, 0.2) is 6.29 Å². The second-order valence-corrected chi connectivity index (χ2v) is 4.92. The van der Waals surface area contributed by atoms with Crippen LogP contribution in [-0.4, -0.2) is 42.9 Å². The van der Waals surface area contributed by atoms with Crippen molar-refractivity contribution in [3.05, 3.63) is 24.3 Å². The van der Waals surface area contributed by atoms with E-state index in [1.54, 1.807) is 0 Å². The summed E-state index contributed by atoms with van der Waals surface area (Å²) < 4.78 is 16.2. The van der Waals surface area contributed by atoms with Crippen LogP contribution in [0.1, 0.15) is 40.0 Å². The quantitative estimate of drug-likeness (QED) is 0.360. The van der Waals surface area contributed by atoms with Crippen molar-refractivity contribution in [3.8, 4) is 0 Å². The fraction of sp³-hybridized carbons (Fsp3) is 0.750. The summed E-state index contributed by atoms with van der Waals surface area (Å²) in [6, 6.07) is 0. The molecular weight excluding hydrogens is 256 g/mol. The molecule has 0 aliphatic carbocycles. The minimum absolute atomic E-state index is 0.0138. The first-order valence-corrected chi connectivity index (χ1v) is 7.51. The summed E-state index contributed by atoms with van der Waals surface area (Å²) in [5.41, 5.74) is 0. The van der Waals surface area contributed by atoms with Crippen LogP contribution in [0, 0.1) is 0 Å². The number of rotatable bonds is 11. The van der Waals surface area contributed by atoms with Crippen molar-refractivity contribution in [2.24, 2.45) is 0 Å². The van der Waals surface area contributed by atoms with Gasteiger partial charge in [-0.2, -0.15) is 0 Å². The van der Waals surface area contributed by atoms with Crippen LogP contribution in [0.25, 0.3) is 0 Å². The number of epoxide rings is 1. The predicted molar refractivity (Wildman–Crippen MR) is 79.5 cm³/mol. The molecule has 0 bridgehead atoms. The molecule has 1 rings (SSSR count). The van der Waals surface area contributed by atoms with Crippen molar-refractivity contribution in [1.82, 2.24) is 0 Å². The van der Waals surface area contributed by atoms with Crippen LogP contribution in [0.3, 0.4) is 0 Å². The van der Waals surface area contributed by atoms with E-state index in [0.29, 0.717) is 13.2 Å². The Labute approximate surface area is 122 Å². The van der Waals surface area contributed by atoms with Crippen LogP contribution < -0.4 is 0 Å². The Morgan fingerprint density at radius 2 is 2.05 bits per heavy atom. The summed E-state index contributed by atoms with van der Waals surface area (Å²) in [6.07, 6.45) is 10.2. The number of aliphatic hydroxyl groups is 1. The molecule has 1 N–H and O–H groups in total. The molecule has 4 nitrogen and oxygen atoms in total. The Morgan fingerprint density at radius 3 is 2.75 bits per heavy atom. The van der Waals surface area contributed by atoms with Gasteiger partial charge in [-0.1, -0.05) is 24.3 Å². The fourth-order valence-corrected chi connectivity index (χ4v) is 2.00. The molecule has 1 saturated heterocycles. The van der Waals surface area contributed by atoms with Gasteiger partial charge in [0, 0.05) is 6.61 Å². The lowest BCUT2D eigenvalue weighted by Crippen LogP contribution is -2.21. The lowest BCUT2D eigenvalue weighted by Gasteiger charge is -2.11. The maximum Gasteiger partial charge on any atom is 0.154 e. The van der Waals surface area contributed by atoms with E-state index in [1.165, 1.54) is 0 Å². The highest BCUT2D eigenvalue weighted by molar-refractivity contribution is 4.94. The standard InChI is InChI=1S/C16H28O4/c1-4-6-7-8-9-10-11-14(17)16-15(20-16)12-19-13(3)18-5-2/h4,6,8-9,13-17H,5,7,10-12H2,1-3H3/b6-4+,9-8+/t13?,14?,15-,16+/m0/s1. The Kier molecular flexibility index (Phi) is 8.78. The molecule has 0 aromatic heterocycles. The second-order valence-electron chi connectivity index (χ2n) is 4.92. The molecule has 0 spiro atoms. The van der Waals surface area contributed by atoms with Gasteiger partial charge in [-0.25, -0.2) is 0 Å². The van der Waals surface area contributed by atoms with Crippen LogP contribution in [0.2, 0.25) is 0 Å².